The molecule has 0 heterocycles. The van der Waals surface area contributed by atoms with Gasteiger partial charge in [0, 0.05) is 27.5 Å². The van der Waals surface area contributed by atoms with Crippen molar-refractivity contribution in [1.82, 2.24) is 0 Å². The summed E-state index contributed by atoms with van der Waals surface area (Å²) >= 11 is 5.81. The number of benzene rings is 3. The van der Waals surface area contributed by atoms with Gasteiger partial charge in [-0.15, -0.1) is 0 Å². The molecular weight excluding hydrogens is 412 g/mol. The van der Waals surface area contributed by atoms with Crippen molar-refractivity contribution in [3.8, 4) is 0 Å². The molecule has 0 saturated carbocycles. The zero-order valence-corrected chi connectivity index (χ0v) is 16.9. The Morgan fingerprint density at radius 2 is 1.48 bits per heavy atom. The van der Waals surface area contributed by atoms with Crippen LogP contribution in [0.4, 0.5) is 11.4 Å². The monoisotopic (exact) mass is 428 g/mol. The van der Waals surface area contributed by atoms with Crippen molar-refractivity contribution in [1.29, 1.82) is 0 Å². The smallest absolute Gasteiger partial charge is 0.261 e. The molecule has 0 aliphatic rings. The number of sulfonamides is 1. The Morgan fingerprint density at radius 3 is 2.17 bits per heavy atom. The van der Waals surface area contributed by atoms with E-state index in [9.17, 15) is 18.0 Å². The van der Waals surface area contributed by atoms with Crippen molar-refractivity contribution >= 4 is 44.7 Å². The van der Waals surface area contributed by atoms with E-state index in [0.29, 0.717) is 22.0 Å². The normalized spacial score (nSPS) is 11.0. The summed E-state index contributed by atoms with van der Waals surface area (Å²) in [7, 11) is -3.89. The van der Waals surface area contributed by atoms with Crippen LogP contribution in [0.5, 0.6) is 0 Å². The largest absolute Gasteiger partial charge is 0.322 e. The van der Waals surface area contributed by atoms with Gasteiger partial charge in [-0.3, -0.25) is 14.3 Å². The van der Waals surface area contributed by atoms with Gasteiger partial charge in [0.1, 0.15) is 0 Å². The fourth-order valence-electron chi connectivity index (χ4n) is 2.56. The highest BCUT2D eigenvalue weighted by Gasteiger charge is 2.17. The predicted octanol–water partition coefficient (Wildman–Crippen LogP) is 4.60. The molecule has 1 amide bonds. The lowest BCUT2D eigenvalue weighted by Crippen LogP contribution is -2.16. The molecule has 0 aliphatic heterocycles. The van der Waals surface area contributed by atoms with Gasteiger partial charge < -0.3 is 5.32 Å². The molecule has 0 aliphatic carbocycles. The number of amides is 1. The highest BCUT2D eigenvalue weighted by atomic mass is 35.5. The van der Waals surface area contributed by atoms with E-state index < -0.39 is 15.9 Å². The van der Waals surface area contributed by atoms with Crippen LogP contribution in [0.1, 0.15) is 27.6 Å². The Labute approximate surface area is 173 Å². The van der Waals surface area contributed by atoms with E-state index >= 15 is 0 Å². The molecule has 0 aromatic heterocycles. The van der Waals surface area contributed by atoms with Crippen LogP contribution in [0, 0.1) is 0 Å². The van der Waals surface area contributed by atoms with E-state index in [4.69, 9.17) is 11.6 Å². The lowest BCUT2D eigenvalue weighted by Gasteiger charge is -2.10. The van der Waals surface area contributed by atoms with Crippen molar-refractivity contribution in [2.24, 2.45) is 0 Å². The van der Waals surface area contributed by atoms with Gasteiger partial charge in [-0.05, 0) is 61.5 Å². The van der Waals surface area contributed by atoms with Crippen LogP contribution < -0.4 is 10.0 Å². The number of halogens is 1. The number of hydrogen-bond donors (Lipinski definition) is 2. The average molecular weight is 429 g/mol. The highest BCUT2D eigenvalue weighted by molar-refractivity contribution is 7.92. The average Bonchev–Trinajstić information content (AvgIpc) is 2.70. The van der Waals surface area contributed by atoms with Gasteiger partial charge in [0.15, 0.2) is 5.78 Å². The summed E-state index contributed by atoms with van der Waals surface area (Å²) in [4.78, 5) is 24.0. The molecule has 3 aromatic rings. The summed E-state index contributed by atoms with van der Waals surface area (Å²) in [6.07, 6.45) is 0. The van der Waals surface area contributed by atoms with Crippen LogP contribution in [0.25, 0.3) is 0 Å². The summed E-state index contributed by atoms with van der Waals surface area (Å²) in [5.41, 5.74) is 1.42. The van der Waals surface area contributed by atoms with Crippen LogP contribution in [0.2, 0.25) is 5.02 Å². The fraction of sp³-hybridized carbons (Fsp3) is 0.0476. The summed E-state index contributed by atoms with van der Waals surface area (Å²) in [6.45, 7) is 1.43. The van der Waals surface area contributed by atoms with Crippen molar-refractivity contribution in [3.63, 3.8) is 0 Å². The number of hydrogen-bond acceptors (Lipinski definition) is 4. The molecule has 6 nitrogen and oxygen atoms in total. The molecule has 0 unspecified atom stereocenters. The Balaban J connectivity index is 1.81. The molecule has 0 fully saturated rings. The first-order valence-electron chi connectivity index (χ1n) is 8.55. The SMILES string of the molecule is CC(=O)c1cccc(NC(=O)c2cccc(S(=O)(=O)Nc3ccc(Cl)cc3)c2)c1. The molecule has 3 aromatic carbocycles. The van der Waals surface area contributed by atoms with Gasteiger partial charge >= 0.3 is 0 Å². The lowest BCUT2D eigenvalue weighted by atomic mass is 10.1. The van der Waals surface area contributed by atoms with E-state index in [1.165, 1.54) is 31.2 Å². The molecule has 0 spiro atoms. The van der Waals surface area contributed by atoms with Crippen LogP contribution in [-0.2, 0) is 10.0 Å². The number of nitrogens with one attached hydrogen (secondary N) is 2. The first kappa shape index (κ1) is 20.6. The molecule has 0 atom stereocenters. The van der Waals surface area contributed by atoms with Crippen LogP contribution in [0.15, 0.2) is 77.7 Å². The minimum absolute atomic E-state index is 0.0578. The molecule has 3 rings (SSSR count). The third-order valence-corrected chi connectivity index (χ3v) is 5.66. The maximum absolute atomic E-state index is 12.6. The van der Waals surface area contributed by atoms with Crippen molar-refractivity contribution in [3.05, 3.63) is 88.9 Å². The minimum atomic E-state index is -3.89. The third-order valence-electron chi connectivity index (χ3n) is 4.03. The van der Waals surface area contributed by atoms with Gasteiger partial charge in [0.05, 0.1) is 4.90 Å². The first-order chi connectivity index (χ1) is 13.7. The summed E-state index contributed by atoms with van der Waals surface area (Å²) in [5, 5.41) is 3.15. The molecule has 0 bridgehead atoms. The lowest BCUT2D eigenvalue weighted by molar-refractivity contribution is 0.101. The van der Waals surface area contributed by atoms with E-state index in [-0.39, 0.29) is 16.2 Å². The third kappa shape index (κ3) is 5.22. The van der Waals surface area contributed by atoms with Gasteiger partial charge in [-0.1, -0.05) is 29.8 Å². The number of ketones is 1. The molecule has 8 heteroatoms. The van der Waals surface area contributed by atoms with Crippen molar-refractivity contribution < 1.29 is 18.0 Å². The Hall–Kier alpha value is -3.16. The predicted molar refractivity (Wildman–Crippen MR) is 113 cm³/mol. The second-order valence-electron chi connectivity index (χ2n) is 6.23. The van der Waals surface area contributed by atoms with Gasteiger partial charge in [-0.2, -0.15) is 0 Å². The summed E-state index contributed by atoms with van der Waals surface area (Å²) < 4.78 is 27.7. The quantitative estimate of drug-likeness (QED) is 0.561. The molecule has 0 saturated heterocycles. The van der Waals surface area contributed by atoms with Gasteiger partial charge in [-0.25, -0.2) is 8.42 Å². The topological polar surface area (TPSA) is 92.3 Å². The summed E-state index contributed by atoms with van der Waals surface area (Å²) in [5.74, 6) is -0.614. The molecule has 0 radical (unpaired) electrons. The second kappa shape index (κ2) is 8.46. The van der Waals surface area contributed by atoms with Crippen molar-refractivity contribution in [2.45, 2.75) is 11.8 Å². The molecule has 29 heavy (non-hydrogen) atoms. The Bertz CT molecular complexity index is 1180. The summed E-state index contributed by atoms with van der Waals surface area (Å²) in [6, 6.07) is 18.4. The van der Waals surface area contributed by atoms with E-state index in [1.807, 2.05) is 0 Å². The number of carbonyl (C=O) groups excluding carboxylic acids is 2. The minimum Gasteiger partial charge on any atom is -0.322 e. The zero-order valence-electron chi connectivity index (χ0n) is 15.3. The maximum atomic E-state index is 12.6. The zero-order chi connectivity index (χ0) is 21.0. The van der Waals surface area contributed by atoms with Crippen LogP contribution >= 0.6 is 11.6 Å². The van der Waals surface area contributed by atoms with Gasteiger partial charge in [0.2, 0.25) is 0 Å². The van der Waals surface area contributed by atoms with Crippen LogP contribution in [0.3, 0.4) is 0 Å². The number of Topliss-reactive ketones (excluding diaryl/α,β-unsaturated/α-hetero) is 1. The fourth-order valence-corrected chi connectivity index (χ4v) is 3.79. The molecule has 148 valence electrons. The van der Waals surface area contributed by atoms with E-state index in [0.717, 1.165) is 0 Å². The van der Waals surface area contributed by atoms with Gasteiger partial charge in [0.25, 0.3) is 15.9 Å². The number of rotatable bonds is 6. The van der Waals surface area contributed by atoms with Crippen LogP contribution in [-0.4, -0.2) is 20.1 Å². The van der Waals surface area contributed by atoms with E-state index in [2.05, 4.69) is 10.0 Å². The number of anilines is 2. The standard InChI is InChI=1S/C21H17ClN2O4S/c1-14(25)15-4-2-6-19(12-15)23-21(26)16-5-3-7-20(13-16)29(27,28)24-18-10-8-17(22)9-11-18/h2-13,24H,1H3,(H,23,26). The molecule has 2 N–H and O–H groups in total. The van der Waals surface area contributed by atoms with E-state index in [1.54, 1.807) is 48.5 Å². The van der Waals surface area contributed by atoms with Crippen molar-refractivity contribution in [2.75, 3.05) is 10.0 Å². The Kier molecular flexibility index (Phi) is 6.00. The molecular formula is C21H17ClN2O4S. The number of carbonyl (C=O) groups is 2. The highest BCUT2D eigenvalue weighted by Crippen LogP contribution is 2.20. The second-order valence-corrected chi connectivity index (χ2v) is 8.35. The Morgan fingerprint density at radius 1 is 0.828 bits per heavy atom. The first-order valence-corrected chi connectivity index (χ1v) is 10.4. The maximum Gasteiger partial charge on any atom is 0.261 e.